The van der Waals surface area contributed by atoms with Gasteiger partial charge in [-0.3, -0.25) is 0 Å². The molecule has 0 saturated carbocycles. The van der Waals surface area contributed by atoms with Gasteiger partial charge in [0, 0.05) is 26.1 Å². The van der Waals surface area contributed by atoms with Crippen molar-refractivity contribution in [3.05, 3.63) is 5.82 Å². The predicted molar refractivity (Wildman–Crippen MR) is 74.0 cm³/mol. The number of piperidine rings is 1. The summed E-state index contributed by atoms with van der Waals surface area (Å²) in [5.74, 6) is 2.48. The summed E-state index contributed by atoms with van der Waals surface area (Å²) in [7, 11) is 0. The lowest BCUT2D eigenvalue weighted by molar-refractivity contribution is 0.566. The smallest absolute Gasteiger partial charge is 0.230 e. The monoisotopic (exact) mass is 249 g/mol. The summed E-state index contributed by atoms with van der Waals surface area (Å²) in [6.07, 6.45) is 5.79. The second kappa shape index (κ2) is 6.52. The van der Waals surface area contributed by atoms with Gasteiger partial charge in [0.05, 0.1) is 0 Å². The van der Waals surface area contributed by atoms with Gasteiger partial charge >= 0.3 is 0 Å². The zero-order valence-electron chi connectivity index (χ0n) is 11.4. The molecule has 5 nitrogen and oxygen atoms in total. The third-order valence-electron chi connectivity index (χ3n) is 3.12. The SMILES string of the molecule is CCCc1nc(NCC)nc(N2CCCCC2)n1. The van der Waals surface area contributed by atoms with Crippen LogP contribution in [-0.4, -0.2) is 34.6 Å². The molecule has 0 bridgehead atoms. The Hall–Kier alpha value is -1.39. The quantitative estimate of drug-likeness (QED) is 0.867. The Bertz CT molecular complexity index is 349. The molecular weight excluding hydrogens is 226 g/mol. The van der Waals surface area contributed by atoms with Gasteiger partial charge in [0.2, 0.25) is 11.9 Å². The van der Waals surface area contributed by atoms with E-state index in [9.17, 15) is 0 Å². The van der Waals surface area contributed by atoms with Gasteiger partial charge in [0.1, 0.15) is 5.82 Å². The van der Waals surface area contributed by atoms with Crippen molar-refractivity contribution in [1.82, 2.24) is 15.0 Å². The molecule has 0 amide bonds. The Morgan fingerprint density at radius 2 is 1.83 bits per heavy atom. The van der Waals surface area contributed by atoms with Crippen LogP contribution in [0.2, 0.25) is 0 Å². The first kappa shape index (κ1) is 13.1. The minimum absolute atomic E-state index is 0.719. The van der Waals surface area contributed by atoms with Crippen molar-refractivity contribution in [3.8, 4) is 0 Å². The summed E-state index contributed by atoms with van der Waals surface area (Å²) in [5, 5.41) is 3.20. The summed E-state index contributed by atoms with van der Waals surface area (Å²) in [6.45, 7) is 7.19. The standard InChI is InChI=1S/C13H23N5/c1-3-8-11-15-12(14-4-2)17-13(16-11)18-9-6-5-7-10-18/h3-10H2,1-2H3,(H,14,15,16,17). The molecule has 0 radical (unpaired) electrons. The van der Waals surface area contributed by atoms with E-state index in [1.165, 1.54) is 19.3 Å². The number of hydrogen-bond acceptors (Lipinski definition) is 5. The van der Waals surface area contributed by atoms with E-state index in [1.807, 2.05) is 0 Å². The maximum Gasteiger partial charge on any atom is 0.230 e. The lowest BCUT2D eigenvalue weighted by Crippen LogP contribution is -2.31. The van der Waals surface area contributed by atoms with E-state index in [0.717, 1.165) is 50.2 Å². The zero-order valence-corrected chi connectivity index (χ0v) is 11.4. The number of aromatic nitrogens is 3. The molecule has 0 aromatic carbocycles. The molecule has 1 aromatic rings. The Balaban J connectivity index is 2.20. The fraction of sp³-hybridized carbons (Fsp3) is 0.769. The van der Waals surface area contributed by atoms with E-state index in [0.29, 0.717) is 0 Å². The molecule has 5 heteroatoms. The molecule has 0 aliphatic carbocycles. The van der Waals surface area contributed by atoms with Gasteiger partial charge in [-0.05, 0) is 32.6 Å². The highest BCUT2D eigenvalue weighted by atomic mass is 15.3. The van der Waals surface area contributed by atoms with Gasteiger partial charge in [0.15, 0.2) is 0 Å². The van der Waals surface area contributed by atoms with Crippen LogP contribution in [-0.2, 0) is 6.42 Å². The Morgan fingerprint density at radius 1 is 1.06 bits per heavy atom. The van der Waals surface area contributed by atoms with Crippen molar-refractivity contribution >= 4 is 11.9 Å². The average Bonchev–Trinajstić information content (AvgIpc) is 2.40. The lowest BCUT2D eigenvalue weighted by atomic mass is 10.1. The molecule has 1 fully saturated rings. The van der Waals surface area contributed by atoms with Crippen LogP contribution in [0.25, 0.3) is 0 Å². The predicted octanol–water partition coefficient (Wildman–Crippen LogP) is 2.25. The highest BCUT2D eigenvalue weighted by Crippen LogP contribution is 2.17. The van der Waals surface area contributed by atoms with E-state index >= 15 is 0 Å². The minimum atomic E-state index is 0.719. The normalized spacial score (nSPS) is 15.8. The van der Waals surface area contributed by atoms with Crippen molar-refractivity contribution in [2.24, 2.45) is 0 Å². The Morgan fingerprint density at radius 3 is 2.50 bits per heavy atom. The van der Waals surface area contributed by atoms with Gasteiger partial charge in [-0.15, -0.1) is 0 Å². The zero-order chi connectivity index (χ0) is 12.8. The molecule has 2 rings (SSSR count). The number of aryl methyl sites for hydroxylation is 1. The van der Waals surface area contributed by atoms with Gasteiger partial charge in [-0.25, -0.2) is 0 Å². The van der Waals surface area contributed by atoms with Crippen LogP contribution in [0.3, 0.4) is 0 Å². The Kier molecular flexibility index (Phi) is 4.73. The van der Waals surface area contributed by atoms with Crippen molar-refractivity contribution in [3.63, 3.8) is 0 Å². The number of hydrogen-bond donors (Lipinski definition) is 1. The molecule has 0 spiro atoms. The van der Waals surface area contributed by atoms with Crippen molar-refractivity contribution in [2.45, 2.75) is 46.0 Å². The fourth-order valence-electron chi connectivity index (χ4n) is 2.22. The van der Waals surface area contributed by atoms with Crippen LogP contribution < -0.4 is 10.2 Å². The topological polar surface area (TPSA) is 53.9 Å². The second-order valence-electron chi connectivity index (χ2n) is 4.70. The van der Waals surface area contributed by atoms with Crippen LogP contribution in [0.1, 0.15) is 45.4 Å². The molecule has 1 aliphatic rings. The van der Waals surface area contributed by atoms with Crippen LogP contribution in [0.5, 0.6) is 0 Å². The summed E-state index contributed by atoms with van der Waals surface area (Å²) < 4.78 is 0. The Labute approximate surface area is 109 Å². The number of anilines is 2. The molecule has 1 N–H and O–H groups in total. The highest BCUT2D eigenvalue weighted by molar-refractivity contribution is 5.37. The lowest BCUT2D eigenvalue weighted by Gasteiger charge is -2.27. The summed E-state index contributed by atoms with van der Waals surface area (Å²) in [5.41, 5.74) is 0. The first-order valence-electron chi connectivity index (χ1n) is 7.07. The molecular formula is C13H23N5. The van der Waals surface area contributed by atoms with E-state index in [1.54, 1.807) is 0 Å². The summed E-state index contributed by atoms with van der Waals surface area (Å²) in [6, 6.07) is 0. The van der Waals surface area contributed by atoms with Crippen LogP contribution in [0.15, 0.2) is 0 Å². The van der Waals surface area contributed by atoms with Crippen molar-refractivity contribution < 1.29 is 0 Å². The summed E-state index contributed by atoms with van der Waals surface area (Å²) >= 11 is 0. The molecule has 1 saturated heterocycles. The molecule has 1 aliphatic heterocycles. The average molecular weight is 249 g/mol. The number of nitrogens with zero attached hydrogens (tertiary/aromatic N) is 4. The van der Waals surface area contributed by atoms with E-state index < -0.39 is 0 Å². The minimum Gasteiger partial charge on any atom is -0.354 e. The van der Waals surface area contributed by atoms with Crippen LogP contribution in [0.4, 0.5) is 11.9 Å². The first-order chi connectivity index (χ1) is 8.83. The van der Waals surface area contributed by atoms with Crippen LogP contribution >= 0.6 is 0 Å². The third kappa shape index (κ3) is 3.31. The largest absolute Gasteiger partial charge is 0.354 e. The molecule has 1 aromatic heterocycles. The molecule has 100 valence electrons. The first-order valence-corrected chi connectivity index (χ1v) is 7.07. The van der Waals surface area contributed by atoms with Crippen LogP contribution in [0, 0.1) is 0 Å². The maximum atomic E-state index is 4.59. The van der Waals surface area contributed by atoms with Gasteiger partial charge < -0.3 is 10.2 Å². The number of nitrogens with one attached hydrogen (secondary N) is 1. The van der Waals surface area contributed by atoms with E-state index in [-0.39, 0.29) is 0 Å². The van der Waals surface area contributed by atoms with E-state index in [4.69, 9.17) is 0 Å². The number of rotatable bonds is 5. The maximum absolute atomic E-state index is 4.59. The highest BCUT2D eigenvalue weighted by Gasteiger charge is 2.15. The fourth-order valence-corrected chi connectivity index (χ4v) is 2.22. The molecule has 2 heterocycles. The summed E-state index contributed by atoms with van der Waals surface area (Å²) in [4.78, 5) is 15.8. The van der Waals surface area contributed by atoms with E-state index in [2.05, 4.69) is 39.0 Å². The van der Waals surface area contributed by atoms with Crippen molar-refractivity contribution in [2.75, 3.05) is 29.9 Å². The second-order valence-corrected chi connectivity index (χ2v) is 4.70. The van der Waals surface area contributed by atoms with Gasteiger partial charge in [-0.1, -0.05) is 6.92 Å². The van der Waals surface area contributed by atoms with Gasteiger partial charge in [-0.2, -0.15) is 15.0 Å². The molecule has 0 atom stereocenters. The molecule has 0 unspecified atom stereocenters. The third-order valence-corrected chi connectivity index (χ3v) is 3.12. The molecule has 18 heavy (non-hydrogen) atoms. The van der Waals surface area contributed by atoms with Gasteiger partial charge in [0.25, 0.3) is 0 Å². The van der Waals surface area contributed by atoms with Crippen molar-refractivity contribution in [1.29, 1.82) is 0 Å².